The molecule has 1 saturated carbocycles. The number of halogens is 1. The highest BCUT2D eigenvalue weighted by atomic mass is 35.5. The van der Waals surface area contributed by atoms with Gasteiger partial charge in [0.1, 0.15) is 6.54 Å². The van der Waals surface area contributed by atoms with Gasteiger partial charge in [0.15, 0.2) is 5.78 Å². The van der Waals surface area contributed by atoms with E-state index in [-0.39, 0.29) is 27.8 Å². The first kappa shape index (κ1) is 23.6. The van der Waals surface area contributed by atoms with Crippen molar-refractivity contribution in [2.75, 3.05) is 6.54 Å². The summed E-state index contributed by atoms with van der Waals surface area (Å²) in [6, 6.07) is 11.1. The van der Waals surface area contributed by atoms with Crippen LogP contribution in [0.25, 0.3) is 0 Å². The molecule has 2 fully saturated rings. The maximum atomic E-state index is 13.5. The molecule has 34 heavy (non-hydrogen) atoms. The Morgan fingerprint density at radius 1 is 1.06 bits per heavy atom. The number of carbonyl (C=O) groups is 4. The first-order chi connectivity index (χ1) is 16.2. The number of carbonyl (C=O) groups excluding carboxylic acids is 4. The average Bonchev–Trinajstić information content (AvgIpc) is 3.06. The smallest absolute Gasteiger partial charge is 0.274 e. The van der Waals surface area contributed by atoms with E-state index in [1.165, 1.54) is 36.4 Å². The van der Waals surface area contributed by atoms with E-state index in [4.69, 9.17) is 11.6 Å². The predicted molar refractivity (Wildman–Crippen MR) is 122 cm³/mol. The Labute approximate surface area is 200 Å². The van der Waals surface area contributed by atoms with E-state index in [2.05, 4.69) is 0 Å². The van der Waals surface area contributed by atoms with Crippen LogP contribution in [-0.4, -0.2) is 45.0 Å². The number of rotatable bonds is 6. The lowest BCUT2D eigenvalue weighted by Gasteiger charge is -2.30. The van der Waals surface area contributed by atoms with Crippen LogP contribution in [0, 0.1) is 27.9 Å². The van der Waals surface area contributed by atoms with Gasteiger partial charge in [-0.2, -0.15) is 5.01 Å². The third kappa shape index (κ3) is 4.31. The third-order valence-corrected chi connectivity index (χ3v) is 6.77. The summed E-state index contributed by atoms with van der Waals surface area (Å²) in [6.07, 6.45) is 1.88. The van der Waals surface area contributed by atoms with Gasteiger partial charge >= 0.3 is 0 Å². The summed E-state index contributed by atoms with van der Waals surface area (Å²) in [5.41, 5.74) is -0.0409. The summed E-state index contributed by atoms with van der Waals surface area (Å²) in [5, 5.41) is 12.7. The summed E-state index contributed by atoms with van der Waals surface area (Å²) in [5.74, 6) is -3.13. The van der Waals surface area contributed by atoms with Gasteiger partial charge in [-0.05, 0) is 49.4 Å². The maximum absolute atomic E-state index is 13.5. The third-order valence-electron chi connectivity index (χ3n) is 6.44. The highest BCUT2D eigenvalue weighted by Gasteiger charge is 2.53. The lowest BCUT2D eigenvalue weighted by Crippen LogP contribution is -2.52. The van der Waals surface area contributed by atoms with Crippen LogP contribution in [0.1, 0.15) is 46.9 Å². The van der Waals surface area contributed by atoms with E-state index in [1.807, 2.05) is 6.92 Å². The molecule has 0 spiro atoms. The minimum Gasteiger partial charge on any atom is -0.292 e. The number of benzene rings is 2. The normalized spacial score (nSPS) is 21.8. The molecule has 9 nitrogen and oxygen atoms in total. The lowest BCUT2D eigenvalue weighted by atomic mass is 9.76. The number of fused-ring (bicyclic) bond motifs is 1. The number of non-ortho nitro benzene ring substituents is 1. The van der Waals surface area contributed by atoms with Gasteiger partial charge < -0.3 is 0 Å². The van der Waals surface area contributed by atoms with E-state index in [9.17, 15) is 29.3 Å². The summed E-state index contributed by atoms with van der Waals surface area (Å²) in [4.78, 5) is 63.4. The van der Waals surface area contributed by atoms with Gasteiger partial charge in [0.2, 0.25) is 0 Å². The number of ketones is 1. The monoisotopic (exact) mass is 483 g/mol. The number of nitro benzene ring substituents is 1. The number of hydrogen-bond acceptors (Lipinski definition) is 6. The molecule has 1 aliphatic heterocycles. The van der Waals surface area contributed by atoms with Crippen LogP contribution in [-0.2, 0) is 9.59 Å². The van der Waals surface area contributed by atoms with E-state index < -0.39 is 46.8 Å². The molecule has 2 aromatic carbocycles. The van der Waals surface area contributed by atoms with Crippen LogP contribution in [0.4, 0.5) is 5.69 Å². The van der Waals surface area contributed by atoms with Gasteiger partial charge in [0.25, 0.3) is 23.4 Å². The Balaban J connectivity index is 1.69. The Hall–Kier alpha value is -3.59. The standard InChI is InChI=1S/C24H22ClN3O6/c1-14-6-11-17-19(12-14)24(32)27(23(17)31)26(22(30)18-4-2-3-5-20(18)25)13-21(29)15-7-9-16(10-8-15)28(33)34/h2-5,7-10,14,17,19H,6,11-13H2,1H3/t14-,17+,19-/m1/s1. The molecule has 1 aliphatic carbocycles. The molecular formula is C24H22ClN3O6. The second kappa shape index (κ2) is 9.34. The van der Waals surface area contributed by atoms with Crippen molar-refractivity contribution in [3.8, 4) is 0 Å². The van der Waals surface area contributed by atoms with Crippen LogP contribution in [0.3, 0.4) is 0 Å². The fraction of sp³-hybridized carbons (Fsp3) is 0.333. The molecular weight excluding hydrogens is 462 g/mol. The van der Waals surface area contributed by atoms with E-state index in [0.717, 1.165) is 16.4 Å². The van der Waals surface area contributed by atoms with Crippen LogP contribution in [0.2, 0.25) is 5.02 Å². The molecule has 0 bridgehead atoms. The minimum absolute atomic E-state index is 0.0458. The number of nitro groups is 1. The average molecular weight is 484 g/mol. The second-order valence-corrected chi connectivity index (χ2v) is 9.10. The van der Waals surface area contributed by atoms with Gasteiger partial charge in [0.05, 0.1) is 27.3 Å². The van der Waals surface area contributed by atoms with Crippen molar-refractivity contribution in [1.29, 1.82) is 0 Å². The zero-order valence-electron chi connectivity index (χ0n) is 18.3. The fourth-order valence-electron chi connectivity index (χ4n) is 4.61. The van der Waals surface area contributed by atoms with E-state index in [0.29, 0.717) is 12.8 Å². The molecule has 176 valence electrons. The summed E-state index contributed by atoms with van der Waals surface area (Å²) in [7, 11) is 0. The molecule has 2 aromatic rings. The molecule has 1 heterocycles. The first-order valence-corrected chi connectivity index (χ1v) is 11.3. The van der Waals surface area contributed by atoms with Crippen molar-refractivity contribution in [1.82, 2.24) is 10.0 Å². The molecule has 0 radical (unpaired) electrons. The highest BCUT2D eigenvalue weighted by molar-refractivity contribution is 6.34. The van der Waals surface area contributed by atoms with Gasteiger partial charge in [-0.15, -0.1) is 0 Å². The van der Waals surface area contributed by atoms with Crippen LogP contribution < -0.4 is 0 Å². The topological polar surface area (TPSA) is 118 Å². The molecule has 3 amide bonds. The molecule has 10 heteroatoms. The van der Waals surface area contributed by atoms with Crippen molar-refractivity contribution in [3.05, 3.63) is 74.8 Å². The van der Waals surface area contributed by atoms with E-state index >= 15 is 0 Å². The summed E-state index contributed by atoms with van der Waals surface area (Å²) >= 11 is 6.20. The molecule has 3 atom stereocenters. The zero-order valence-corrected chi connectivity index (χ0v) is 19.1. The highest BCUT2D eigenvalue weighted by Crippen LogP contribution is 2.41. The molecule has 0 unspecified atom stereocenters. The van der Waals surface area contributed by atoms with Crippen molar-refractivity contribution in [3.63, 3.8) is 0 Å². The van der Waals surface area contributed by atoms with Gasteiger partial charge in [-0.3, -0.25) is 29.3 Å². The quantitative estimate of drug-likeness (QED) is 0.266. The number of nitrogens with zero attached hydrogens (tertiary/aromatic N) is 3. The lowest BCUT2D eigenvalue weighted by molar-refractivity contribution is -0.384. The van der Waals surface area contributed by atoms with Gasteiger partial charge in [-0.25, -0.2) is 5.01 Å². The van der Waals surface area contributed by atoms with Crippen molar-refractivity contribution >= 4 is 40.8 Å². The molecule has 0 aromatic heterocycles. The second-order valence-electron chi connectivity index (χ2n) is 8.69. The summed E-state index contributed by atoms with van der Waals surface area (Å²) in [6.45, 7) is 1.41. The number of hydrogen-bond donors (Lipinski definition) is 0. The maximum Gasteiger partial charge on any atom is 0.274 e. The SMILES string of the molecule is C[C@@H]1CC[C@@H]2C(=O)N(N(CC(=O)c3ccc([N+](=O)[O-])cc3)C(=O)c3ccccc3Cl)C(=O)[C@@H]2C1. The number of amides is 3. The zero-order chi connectivity index (χ0) is 24.6. The Kier molecular flexibility index (Phi) is 6.47. The number of Topliss-reactive ketones (excluding diaryl/α,β-unsaturated/α-hetero) is 1. The molecule has 4 rings (SSSR count). The van der Waals surface area contributed by atoms with Crippen molar-refractivity contribution in [2.24, 2.45) is 17.8 Å². The largest absolute Gasteiger partial charge is 0.292 e. The van der Waals surface area contributed by atoms with Crippen molar-refractivity contribution in [2.45, 2.75) is 26.2 Å². The van der Waals surface area contributed by atoms with E-state index in [1.54, 1.807) is 12.1 Å². The van der Waals surface area contributed by atoms with Crippen LogP contribution in [0.15, 0.2) is 48.5 Å². The van der Waals surface area contributed by atoms with Gasteiger partial charge in [0, 0.05) is 17.7 Å². The summed E-state index contributed by atoms with van der Waals surface area (Å²) < 4.78 is 0. The minimum atomic E-state index is -0.755. The molecule has 0 N–H and O–H groups in total. The van der Waals surface area contributed by atoms with Crippen molar-refractivity contribution < 1.29 is 24.1 Å². The molecule has 1 saturated heterocycles. The Bertz CT molecular complexity index is 1180. The van der Waals surface area contributed by atoms with Crippen LogP contribution in [0.5, 0.6) is 0 Å². The number of hydrazine groups is 1. The number of imide groups is 1. The fourth-order valence-corrected chi connectivity index (χ4v) is 4.83. The molecule has 2 aliphatic rings. The van der Waals surface area contributed by atoms with Gasteiger partial charge in [-0.1, -0.05) is 30.7 Å². The Morgan fingerprint density at radius 2 is 1.71 bits per heavy atom. The predicted octanol–water partition coefficient (Wildman–Crippen LogP) is 3.91. The Morgan fingerprint density at radius 3 is 2.35 bits per heavy atom. The first-order valence-electron chi connectivity index (χ1n) is 10.9. The van der Waals surface area contributed by atoms with Crippen LogP contribution >= 0.6 is 11.6 Å².